The van der Waals surface area contributed by atoms with E-state index in [0.29, 0.717) is 17.7 Å². The molecule has 1 aliphatic carbocycles. The molecule has 0 radical (unpaired) electrons. The van der Waals surface area contributed by atoms with E-state index in [-0.39, 0.29) is 17.9 Å². The van der Waals surface area contributed by atoms with E-state index in [4.69, 9.17) is 0 Å². The number of amides is 2. The highest BCUT2D eigenvalue weighted by atomic mass is 16.2. The summed E-state index contributed by atoms with van der Waals surface area (Å²) in [6, 6.07) is 5.77. The van der Waals surface area contributed by atoms with Crippen molar-refractivity contribution in [2.45, 2.75) is 50.1 Å². The highest BCUT2D eigenvalue weighted by Gasteiger charge is 2.45. The minimum Gasteiger partial charge on any atom is -0.349 e. The summed E-state index contributed by atoms with van der Waals surface area (Å²) in [7, 11) is 0. The predicted molar refractivity (Wildman–Crippen MR) is 101 cm³/mol. The number of fused-ring (bicyclic) bond motifs is 2. The Bertz CT molecular complexity index is 913. The lowest BCUT2D eigenvalue weighted by Gasteiger charge is -2.34. The van der Waals surface area contributed by atoms with Gasteiger partial charge in [0.1, 0.15) is 5.54 Å². The van der Waals surface area contributed by atoms with Crippen LogP contribution in [0.3, 0.4) is 0 Å². The van der Waals surface area contributed by atoms with Crippen molar-refractivity contribution in [3.05, 3.63) is 46.8 Å². The zero-order chi connectivity index (χ0) is 18.4. The molecule has 140 valence electrons. The molecule has 7 nitrogen and oxygen atoms in total. The van der Waals surface area contributed by atoms with Crippen molar-refractivity contribution in [2.75, 3.05) is 11.9 Å². The van der Waals surface area contributed by atoms with Gasteiger partial charge < -0.3 is 16.0 Å². The van der Waals surface area contributed by atoms with Gasteiger partial charge in [0.2, 0.25) is 5.91 Å². The number of aromatic amines is 1. The maximum Gasteiger partial charge on any atom is 0.253 e. The molecule has 2 aliphatic heterocycles. The second-order valence-corrected chi connectivity index (χ2v) is 7.87. The Morgan fingerprint density at radius 3 is 3.07 bits per heavy atom. The molecule has 1 aromatic carbocycles. The van der Waals surface area contributed by atoms with E-state index in [9.17, 15) is 9.59 Å². The molecule has 3 heterocycles. The van der Waals surface area contributed by atoms with Gasteiger partial charge in [0.25, 0.3) is 5.91 Å². The molecule has 3 aliphatic rings. The first kappa shape index (κ1) is 16.5. The number of aromatic nitrogens is 2. The highest BCUT2D eigenvalue weighted by molar-refractivity contribution is 6.08. The summed E-state index contributed by atoms with van der Waals surface area (Å²) in [6.45, 7) is 0.861. The van der Waals surface area contributed by atoms with Gasteiger partial charge in [0.05, 0.1) is 17.4 Å². The van der Waals surface area contributed by atoms with Crippen molar-refractivity contribution in [3.8, 4) is 0 Å². The third kappa shape index (κ3) is 2.73. The van der Waals surface area contributed by atoms with Crippen LogP contribution in [0.15, 0.2) is 24.4 Å². The zero-order valence-electron chi connectivity index (χ0n) is 15.1. The number of nitrogens with one attached hydrogen (secondary N) is 4. The quantitative estimate of drug-likeness (QED) is 0.645. The van der Waals surface area contributed by atoms with Crippen LogP contribution in [0.25, 0.3) is 0 Å². The number of anilines is 1. The van der Waals surface area contributed by atoms with Crippen LogP contribution >= 0.6 is 0 Å². The molecule has 0 bridgehead atoms. The van der Waals surface area contributed by atoms with Gasteiger partial charge in [0, 0.05) is 24.6 Å². The topological polar surface area (TPSA) is 98.9 Å². The Balaban J connectivity index is 1.37. The first-order chi connectivity index (χ1) is 13.1. The molecule has 27 heavy (non-hydrogen) atoms. The number of H-pyrrole nitrogens is 1. The Labute approximate surface area is 157 Å². The second kappa shape index (κ2) is 6.20. The molecule has 0 saturated carbocycles. The fraction of sp³-hybridized carbons (Fsp3) is 0.450. The first-order valence-corrected chi connectivity index (χ1v) is 9.65. The molecular formula is C20H23N5O2. The largest absolute Gasteiger partial charge is 0.349 e. The van der Waals surface area contributed by atoms with E-state index < -0.39 is 5.54 Å². The van der Waals surface area contributed by atoms with Gasteiger partial charge in [-0.2, -0.15) is 5.10 Å². The maximum atomic E-state index is 13.0. The molecule has 1 aromatic heterocycles. The molecule has 1 fully saturated rings. The number of nitrogens with zero attached hydrogens (tertiary/aromatic N) is 1. The smallest absolute Gasteiger partial charge is 0.253 e. The number of aryl methyl sites for hydroxylation is 1. The van der Waals surface area contributed by atoms with Crippen molar-refractivity contribution >= 4 is 17.5 Å². The summed E-state index contributed by atoms with van der Waals surface area (Å²) in [4.78, 5) is 25.7. The molecule has 2 amide bonds. The van der Waals surface area contributed by atoms with E-state index in [0.717, 1.165) is 49.9 Å². The average molecular weight is 365 g/mol. The minimum absolute atomic E-state index is 0.0208. The average Bonchev–Trinajstić information content (AvgIpc) is 3.32. The van der Waals surface area contributed by atoms with Gasteiger partial charge in [-0.3, -0.25) is 14.7 Å². The monoisotopic (exact) mass is 365 g/mol. The van der Waals surface area contributed by atoms with E-state index in [1.54, 1.807) is 6.07 Å². The number of hydrogen-bond donors (Lipinski definition) is 4. The van der Waals surface area contributed by atoms with Crippen molar-refractivity contribution in [1.82, 2.24) is 20.8 Å². The predicted octanol–water partition coefficient (Wildman–Crippen LogP) is 1.31. The van der Waals surface area contributed by atoms with E-state index in [2.05, 4.69) is 26.1 Å². The van der Waals surface area contributed by atoms with E-state index >= 15 is 0 Å². The van der Waals surface area contributed by atoms with Crippen LogP contribution in [-0.4, -0.2) is 40.1 Å². The summed E-state index contributed by atoms with van der Waals surface area (Å²) < 4.78 is 0. The third-order valence-electron chi connectivity index (χ3n) is 6.16. The lowest BCUT2D eigenvalue weighted by molar-refractivity contribution is -0.122. The van der Waals surface area contributed by atoms with Gasteiger partial charge in [-0.1, -0.05) is 12.1 Å². The standard InChI is InChI=1S/C20H23N5O2/c26-18(23-14-6-5-13-11-22-25-16(13)9-14)15-4-1-3-12-10-20(7-2-8-21-20)19(27)24-17(12)15/h1,3-4,11,14,21H,2,5-10H2,(H,22,25)(H,23,26)(H,24,27)/t14-,20+/m1/s1. The van der Waals surface area contributed by atoms with Crippen LogP contribution in [0.2, 0.25) is 0 Å². The Hall–Kier alpha value is -2.67. The van der Waals surface area contributed by atoms with E-state index in [1.165, 1.54) is 5.56 Å². The maximum absolute atomic E-state index is 13.0. The van der Waals surface area contributed by atoms with Crippen LogP contribution in [0.4, 0.5) is 5.69 Å². The fourth-order valence-corrected chi connectivity index (χ4v) is 4.67. The lowest BCUT2D eigenvalue weighted by Crippen LogP contribution is -2.55. The fourth-order valence-electron chi connectivity index (χ4n) is 4.67. The van der Waals surface area contributed by atoms with Crippen LogP contribution in [0, 0.1) is 0 Å². The summed E-state index contributed by atoms with van der Waals surface area (Å²) >= 11 is 0. The second-order valence-electron chi connectivity index (χ2n) is 7.87. The summed E-state index contributed by atoms with van der Waals surface area (Å²) in [5, 5.41) is 16.6. The van der Waals surface area contributed by atoms with Gasteiger partial charge in [0.15, 0.2) is 0 Å². The summed E-state index contributed by atoms with van der Waals surface area (Å²) in [6.07, 6.45) is 6.90. The minimum atomic E-state index is -0.511. The molecular weight excluding hydrogens is 342 g/mol. The summed E-state index contributed by atoms with van der Waals surface area (Å²) in [5.74, 6) is -0.150. The molecule has 0 unspecified atom stereocenters. The van der Waals surface area contributed by atoms with Gasteiger partial charge >= 0.3 is 0 Å². The number of para-hydroxylation sites is 1. The number of carbonyl (C=O) groups is 2. The first-order valence-electron chi connectivity index (χ1n) is 9.65. The van der Waals surface area contributed by atoms with Crippen molar-refractivity contribution in [1.29, 1.82) is 0 Å². The number of benzene rings is 1. The SMILES string of the molecule is O=C(N[C@@H]1CCc2cn[nH]c2C1)c1cccc2c1NC(=O)[C@]1(CCCN1)C2. The van der Waals surface area contributed by atoms with Gasteiger partial charge in [-0.15, -0.1) is 0 Å². The normalized spacial score (nSPS) is 26.4. The summed E-state index contributed by atoms with van der Waals surface area (Å²) in [5.41, 5.74) is 4.06. The zero-order valence-corrected chi connectivity index (χ0v) is 15.1. The number of hydrogen-bond acceptors (Lipinski definition) is 4. The van der Waals surface area contributed by atoms with Crippen molar-refractivity contribution in [3.63, 3.8) is 0 Å². The molecule has 2 aromatic rings. The van der Waals surface area contributed by atoms with Crippen LogP contribution in [0.1, 0.15) is 46.4 Å². The van der Waals surface area contributed by atoms with Crippen molar-refractivity contribution in [2.24, 2.45) is 0 Å². The van der Waals surface area contributed by atoms with Crippen LogP contribution in [-0.2, 0) is 24.1 Å². The molecule has 4 N–H and O–H groups in total. The van der Waals surface area contributed by atoms with Gasteiger partial charge in [-0.25, -0.2) is 0 Å². The Morgan fingerprint density at radius 2 is 2.22 bits per heavy atom. The van der Waals surface area contributed by atoms with E-state index in [1.807, 2.05) is 18.3 Å². The van der Waals surface area contributed by atoms with Crippen molar-refractivity contribution < 1.29 is 9.59 Å². The molecule has 5 rings (SSSR count). The highest BCUT2D eigenvalue weighted by Crippen LogP contribution is 2.35. The molecule has 2 atom stereocenters. The van der Waals surface area contributed by atoms with Crippen LogP contribution < -0.4 is 16.0 Å². The molecule has 7 heteroatoms. The number of carbonyl (C=O) groups excluding carboxylic acids is 2. The van der Waals surface area contributed by atoms with Crippen LogP contribution in [0.5, 0.6) is 0 Å². The molecule has 1 spiro atoms. The third-order valence-corrected chi connectivity index (χ3v) is 6.16. The number of rotatable bonds is 2. The molecule has 1 saturated heterocycles. The van der Waals surface area contributed by atoms with Gasteiger partial charge in [-0.05, 0) is 49.4 Å². The lowest BCUT2D eigenvalue weighted by atomic mass is 9.83. The Morgan fingerprint density at radius 1 is 1.30 bits per heavy atom. The Kier molecular flexibility index (Phi) is 3.79.